The van der Waals surface area contributed by atoms with Crippen LogP contribution in [0.2, 0.25) is 5.02 Å². The predicted octanol–water partition coefficient (Wildman–Crippen LogP) is 2.45. The third kappa shape index (κ3) is 3.34. The summed E-state index contributed by atoms with van der Waals surface area (Å²) >= 11 is 5.94. The van der Waals surface area contributed by atoms with Crippen molar-refractivity contribution in [2.45, 2.75) is 18.3 Å². The van der Waals surface area contributed by atoms with Crippen molar-refractivity contribution < 1.29 is 19.4 Å². The number of amides is 1. The van der Waals surface area contributed by atoms with Gasteiger partial charge in [0.25, 0.3) is 0 Å². The molecule has 6 heteroatoms. The number of benzene rings is 2. The number of rotatable bonds is 1. The van der Waals surface area contributed by atoms with Gasteiger partial charge in [0.15, 0.2) is 11.5 Å². The molecule has 2 aliphatic heterocycles. The topological polar surface area (TPSA) is 59.0 Å². The molecule has 1 saturated heterocycles. The molecule has 132 valence electrons. The van der Waals surface area contributed by atoms with Gasteiger partial charge in [0.2, 0.25) is 0 Å². The first-order valence-electron chi connectivity index (χ1n) is 8.25. The van der Waals surface area contributed by atoms with Crippen LogP contribution < -0.4 is 9.47 Å². The Morgan fingerprint density at radius 1 is 1.19 bits per heavy atom. The van der Waals surface area contributed by atoms with Crippen LogP contribution in [0.3, 0.4) is 0 Å². The molecule has 2 heterocycles. The van der Waals surface area contributed by atoms with Crippen molar-refractivity contribution in [1.82, 2.24) is 4.90 Å². The smallest absolute Gasteiger partial charge is 0.321 e. The number of nitrogens with zero attached hydrogens (tertiary/aromatic N) is 1. The molecule has 0 aliphatic carbocycles. The number of ether oxygens (including phenoxy) is 2. The van der Waals surface area contributed by atoms with E-state index in [2.05, 4.69) is 11.8 Å². The molecule has 4 rings (SSSR count). The average Bonchev–Trinajstić information content (AvgIpc) is 3.24. The molecule has 1 fully saturated rings. The Kier molecular flexibility index (Phi) is 4.23. The lowest BCUT2D eigenvalue weighted by molar-refractivity contribution is -0.147. The van der Waals surface area contributed by atoms with Gasteiger partial charge in [-0.25, -0.2) is 0 Å². The van der Waals surface area contributed by atoms with Gasteiger partial charge in [-0.1, -0.05) is 41.6 Å². The number of para-hydroxylation sites is 2. The Balaban J connectivity index is 1.43. The highest BCUT2D eigenvalue weighted by atomic mass is 35.5. The second kappa shape index (κ2) is 6.56. The third-order valence-electron chi connectivity index (χ3n) is 4.34. The van der Waals surface area contributed by atoms with E-state index in [0.29, 0.717) is 35.1 Å². The fraction of sp³-hybridized carbons (Fsp3) is 0.250. The van der Waals surface area contributed by atoms with Gasteiger partial charge < -0.3 is 19.5 Å². The molecular weight excluding hydrogens is 354 g/mol. The minimum Gasteiger partial charge on any atom is -0.442 e. The molecule has 1 unspecified atom stereocenters. The minimum absolute atomic E-state index is 0.110. The lowest BCUT2D eigenvalue weighted by Crippen LogP contribution is -2.44. The molecule has 0 saturated carbocycles. The maximum atomic E-state index is 12.6. The van der Waals surface area contributed by atoms with E-state index >= 15 is 0 Å². The van der Waals surface area contributed by atoms with Crippen molar-refractivity contribution in [1.29, 1.82) is 0 Å². The highest BCUT2D eigenvalue weighted by Gasteiger charge is 2.42. The fourth-order valence-corrected chi connectivity index (χ4v) is 3.18. The number of halogens is 1. The molecule has 0 bridgehead atoms. The van der Waals surface area contributed by atoms with E-state index in [4.69, 9.17) is 21.1 Å². The summed E-state index contributed by atoms with van der Waals surface area (Å²) in [5, 5.41) is 11.3. The number of hydrogen-bond acceptors (Lipinski definition) is 4. The molecule has 1 atom stereocenters. The van der Waals surface area contributed by atoms with Gasteiger partial charge in [0.05, 0.1) is 6.54 Å². The minimum atomic E-state index is -1.26. The predicted molar refractivity (Wildman–Crippen MR) is 96.0 cm³/mol. The second-order valence-corrected chi connectivity index (χ2v) is 6.75. The molecule has 5 nitrogen and oxygen atoms in total. The second-order valence-electron chi connectivity index (χ2n) is 6.32. The van der Waals surface area contributed by atoms with Gasteiger partial charge >= 0.3 is 12.2 Å². The molecule has 0 radical (unpaired) electrons. The zero-order valence-corrected chi connectivity index (χ0v) is 14.6. The van der Waals surface area contributed by atoms with Crippen molar-refractivity contribution in [2.75, 3.05) is 13.1 Å². The summed E-state index contributed by atoms with van der Waals surface area (Å²) in [4.78, 5) is 14.1. The van der Waals surface area contributed by atoms with Gasteiger partial charge in [0.1, 0.15) is 5.60 Å². The third-order valence-corrected chi connectivity index (χ3v) is 4.58. The summed E-state index contributed by atoms with van der Waals surface area (Å²) in [6, 6.07) is 14.2. The van der Waals surface area contributed by atoms with Crippen LogP contribution in [-0.4, -0.2) is 40.9 Å². The maximum Gasteiger partial charge on any atom is 0.321 e. The van der Waals surface area contributed by atoms with E-state index in [1.54, 1.807) is 30.3 Å². The Morgan fingerprint density at radius 3 is 2.62 bits per heavy atom. The SMILES string of the molecule is O=C(C1Oc2ccccc2O1)N1CCC(O)(C#Cc2cccc(Cl)c2)C1. The fourth-order valence-electron chi connectivity index (χ4n) is 2.99. The summed E-state index contributed by atoms with van der Waals surface area (Å²) in [7, 11) is 0. The number of aliphatic hydroxyl groups is 1. The quantitative estimate of drug-likeness (QED) is 0.784. The van der Waals surface area contributed by atoms with Crippen molar-refractivity contribution in [3.63, 3.8) is 0 Å². The summed E-state index contributed by atoms with van der Waals surface area (Å²) in [5.74, 6) is 6.56. The van der Waals surface area contributed by atoms with Crippen LogP contribution in [0.4, 0.5) is 0 Å². The van der Waals surface area contributed by atoms with E-state index in [0.717, 1.165) is 0 Å². The van der Waals surface area contributed by atoms with E-state index in [1.807, 2.05) is 18.2 Å². The van der Waals surface area contributed by atoms with Crippen molar-refractivity contribution in [3.8, 4) is 23.3 Å². The molecular formula is C20H16ClNO4. The molecule has 2 aromatic carbocycles. The van der Waals surface area contributed by atoms with E-state index in [9.17, 15) is 9.90 Å². The average molecular weight is 370 g/mol. The van der Waals surface area contributed by atoms with E-state index in [1.165, 1.54) is 4.90 Å². The zero-order valence-electron chi connectivity index (χ0n) is 13.8. The maximum absolute atomic E-state index is 12.6. The van der Waals surface area contributed by atoms with E-state index < -0.39 is 11.9 Å². The number of carbonyl (C=O) groups excluding carboxylic acids is 1. The summed E-state index contributed by atoms with van der Waals surface area (Å²) in [5.41, 5.74) is -0.544. The largest absolute Gasteiger partial charge is 0.442 e. The van der Waals surface area contributed by atoms with Crippen molar-refractivity contribution in [3.05, 3.63) is 59.1 Å². The molecule has 0 spiro atoms. The van der Waals surface area contributed by atoms with Crippen LogP contribution in [0.5, 0.6) is 11.5 Å². The van der Waals surface area contributed by atoms with Crippen LogP contribution in [0, 0.1) is 11.8 Å². The Hall–Kier alpha value is -2.68. The van der Waals surface area contributed by atoms with Crippen LogP contribution in [0.15, 0.2) is 48.5 Å². The number of hydrogen-bond donors (Lipinski definition) is 1. The highest BCUT2D eigenvalue weighted by molar-refractivity contribution is 6.30. The van der Waals surface area contributed by atoms with Crippen molar-refractivity contribution >= 4 is 17.5 Å². The highest BCUT2D eigenvalue weighted by Crippen LogP contribution is 2.35. The lowest BCUT2D eigenvalue weighted by atomic mass is 10.0. The van der Waals surface area contributed by atoms with Gasteiger partial charge in [-0.2, -0.15) is 0 Å². The monoisotopic (exact) mass is 369 g/mol. The van der Waals surface area contributed by atoms with Crippen LogP contribution >= 0.6 is 11.6 Å². The van der Waals surface area contributed by atoms with Crippen LogP contribution in [-0.2, 0) is 4.79 Å². The molecule has 0 aromatic heterocycles. The first-order valence-corrected chi connectivity index (χ1v) is 8.62. The Labute approximate surface area is 156 Å². The normalized spacial score (nSPS) is 21.4. The first-order chi connectivity index (χ1) is 12.5. The summed E-state index contributed by atoms with van der Waals surface area (Å²) in [6.07, 6.45) is -0.651. The summed E-state index contributed by atoms with van der Waals surface area (Å²) in [6.45, 7) is 0.498. The zero-order chi connectivity index (χ0) is 18.1. The van der Waals surface area contributed by atoms with E-state index in [-0.39, 0.29) is 12.5 Å². The van der Waals surface area contributed by atoms with Crippen LogP contribution in [0.1, 0.15) is 12.0 Å². The van der Waals surface area contributed by atoms with Gasteiger partial charge in [-0.3, -0.25) is 4.79 Å². The van der Waals surface area contributed by atoms with Gasteiger partial charge in [-0.15, -0.1) is 0 Å². The molecule has 1 N–H and O–H groups in total. The lowest BCUT2D eigenvalue weighted by Gasteiger charge is -2.20. The Morgan fingerprint density at radius 2 is 1.92 bits per heavy atom. The van der Waals surface area contributed by atoms with Gasteiger partial charge in [0, 0.05) is 23.6 Å². The number of fused-ring (bicyclic) bond motifs is 1. The molecule has 2 aromatic rings. The number of carbonyl (C=O) groups is 1. The molecule has 2 aliphatic rings. The number of β-amino-alcohol motifs (C(OH)–C–C–N with tert-alkyl or cyclic N) is 1. The standard InChI is InChI=1S/C20H16ClNO4/c21-15-5-3-4-14(12-15)8-9-20(24)10-11-22(13-20)18(23)19-25-16-6-1-2-7-17(16)26-19/h1-7,12,19,24H,10-11,13H2. The summed E-state index contributed by atoms with van der Waals surface area (Å²) < 4.78 is 11.1. The Bertz CT molecular complexity index is 894. The van der Waals surface area contributed by atoms with Crippen molar-refractivity contribution in [2.24, 2.45) is 0 Å². The molecule has 26 heavy (non-hydrogen) atoms. The first kappa shape index (κ1) is 16.8. The molecule has 1 amide bonds. The number of likely N-dealkylation sites (tertiary alicyclic amines) is 1. The van der Waals surface area contributed by atoms with Crippen LogP contribution in [0.25, 0.3) is 0 Å². The van der Waals surface area contributed by atoms with Gasteiger partial charge in [-0.05, 0) is 30.3 Å².